The third-order valence-corrected chi connectivity index (χ3v) is 6.45. The molecule has 0 atom stereocenters. The number of piperazine rings is 1. The summed E-state index contributed by atoms with van der Waals surface area (Å²) in [5.74, 6) is 1.46. The van der Waals surface area contributed by atoms with Crippen LogP contribution >= 0.6 is 0 Å². The fraction of sp³-hybridized carbons (Fsp3) is 0.214. The van der Waals surface area contributed by atoms with E-state index in [-0.39, 0.29) is 17.4 Å². The van der Waals surface area contributed by atoms with E-state index in [0.717, 1.165) is 55.2 Å². The van der Waals surface area contributed by atoms with Gasteiger partial charge in [0.25, 0.3) is 0 Å². The van der Waals surface area contributed by atoms with Gasteiger partial charge in [0, 0.05) is 57.2 Å². The summed E-state index contributed by atoms with van der Waals surface area (Å²) in [5, 5.41) is 19.7. The molecule has 0 bridgehead atoms. The minimum absolute atomic E-state index is 0.0558. The summed E-state index contributed by atoms with van der Waals surface area (Å²) in [5.41, 5.74) is 4.49. The van der Waals surface area contributed by atoms with Crippen LogP contribution in [0.5, 0.6) is 11.5 Å². The second kappa shape index (κ2) is 9.93. The van der Waals surface area contributed by atoms with Gasteiger partial charge in [0.1, 0.15) is 17.3 Å². The van der Waals surface area contributed by atoms with Crippen molar-refractivity contribution in [3.63, 3.8) is 0 Å². The lowest BCUT2D eigenvalue weighted by molar-refractivity contribution is 0.248. The molecule has 1 fully saturated rings. The lowest BCUT2D eigenvalue weighted by atomic mass is 9.83. The quantitative estimate of drug-likeness (QED) is 0.452. The lowest BCUT2D eigenvalue weighted by Gasteiger charge is -2.36. The molecule has 2 aromatic heterocycles. The number of nitrogens with zero attached hydrogens (tertiary/aromatic N) is 4. The van der Waals surface area contributed by atoms with Gasteiger partial charge in [0.15, 0.2) is 0 Å². The summed E-state index contributed by atoms with van der Waals surface area (Å²) in [6.07, 6.45) is 5.65. The molecule has 1 saturated heterocycles. The number of hydrogen-bond acceptors (Lipinski definition) is 6. The van der Waals surface area contributed by atoms with Gasteiger partial charge >= 0.3 is 0 Å². The van der Waals surface area contributed by atoms with Crippen LogP contribution in [0.3, 0.4) is 0 Å². The summed E-state index contributed by atoms with van der Waals surface area (Å²) in [6, 6.07) is 22.8. The van der Waals surface area contributed by atoms with E-state index >= 15 is 0 Å². The van der Waals surface area contributed by atoms with Crippen LogP contribution in [-0.2, 0) is 6.54 Å². The monoisotopic (exact) mass is 452 g/mol. The van der Waals surface area contributed by atoms with Crippen molar-refractivity contribution in [1.29, 1.82) is 0 Å². The van der Waals surface area contributed by atoms with E-state index in [1.165, 1.54) is 5.56 Å². The highest BCUT2D eigenvalue weighted by molar-refractivity contribution is 5.47. The molecule has 6 nitrogen and oxygen atoms in total. The number of aromatic hydroxyl groups is 2. The van der Waals surface area contributed by atoms with E-state index in [2.05, 4.69) is 31.9 Å². The first-order chi connectivity index (χ1) is 16.7. The van der Waals surface area contributed by atoms with Crippen molar-refractivity contribution >= 4 is 5.82 Å². The minimum Gasteiger partial charge on any atom is -0.508 e. The zero-order valence-electron chi connectivity index (χ0n) is 19.0. The highest BCUT2D eigenvalue weighted by atomic mass is 16.3. The Balaban J connectivity index is 1.41. The van der Waals surface area contributed by atoms with Crippen molar-refractivity contribution in [1.82, 2.24) is 14.9 Å². The summed E-state index contributed by atoms with van der Waals surface area (Å²) < 4.78 is 0. The number of aromatic nitrogens is 2. The first kappa shape index (κ1) is 21.9. The van der Waals surface area contributed by atoms with Gasteiger partial charge < -0.3 is 15.1 Å². The van der Waals surface area contributed by atoms with Gasteiger partial charge in [-0.1, -0.05) is 30.3 Å². The van der Waals surface area contributed by atoms with Gasteiger partial charge in [0.05, 0.1) is 0 Å². The molecule has 2 aromatic carbocycles. The topological polar surface area (TPSA) is 72.7 Å². The van der Waals surface area contributed by atoms with Crippen LogP contribution < -0.4 is 4.90 Å². The number of anilines is 1. The van der Waals surface area contributed by atoms with Gasteiger partial charge in [-0.05, 0) is 64.7 Å². The summed E-state index contributed by atoms with van der Waals surface area (Å²) in [7, 11) is 0. The number of rotatable bonds is 6. The van der Waals surface area contributed by atoms with Gasteiger partial charge in [-0.15, -0.1) is 0 Å². The third-order valence-electron chi connectivity index (χ3n) is 6.45. The summed E-state index contributed by atoms with van der Waals surface area (Å²) in [4.78, 5) is 13.8. The maximum absolute atomic E-state index is 9.83. The molecule has 172 valence electrons. The van der Waals surface area contributed by atoms with Crippen LogP contribution in [0.25, 0.3) is 0 Å². The predicted molar refractivity (Wildman–Crippen MR) is 133 cm³/mol. The molecule has 4 aromatic rings. The molecule has 1 aliphatic rings. The van der Waals surface area contributed by atoms with Crippen LogP contribution in [-0.4, -0.2) is 51.3 Å². The van der Waals surface area contributed by atoms with Crippen molar-refractivity contribution in [2.45, 2.75) is 12.5 Å². The molecular formula is C28H28N4O2. The molecule has 0 saturated carbocycles. The normalized spacial score (nSPS) is 14.4. The molecule has 0 aliphatic carbocycles. The van der Waals surface area contributed by atoms with E-state index in [4.69, 9.17) is 0 Å². The van der Waals surface area contributed by atoms with Crippen molar-refractivity contribution in [3.8, 4) is 11.5 Å². The van der Waals surface area contributed by atoms with E-state index in [1.807, 2.05) is 55.0 Å². The second-order valence-corrected chi connectivity index (χ2v) is 8.64. The molecular weight excluding hydrogens is 424 g/mol. The fourth-order valence-electron chi connectivity index (χ4n) is 4.64. The summed E-state index contributed by atoms with van der Waals surface area (Å²) in [6.45, 7) is 4.64. The predicted octanol–water partition coefficient (Wildman–Crippen LogP) is 4.39. The summed E-state index contributed by atoms with van der Waals surface area (Å²) >= 11 is 0. The Morgan fingerprint density at radius 2 is 1.38 bits per heavy atom. The maximum Gasteiger partial charge on any atom is 0.128 e. The minimum atomic E-state index is -0.0558. The van der Waals surface area contributed by atoms with Crippen molar-refractivity contribution < 1.29 is 10.2 Å². The highest BCUT2D eigenvalue weighted by Crippen LogP contribution is 2.35. The molecule has 0 amide bonds. The molecule has 5 rings (SSSR count). The number of phenols is 2. The van der Waals surface area contributed by atoms with Crippen LogP contribution in [0, 0.1) is 0 Å². The Bertz CT molecular complexity index is 1160. The van der Waals surface area contributed by atoms with Crippen molar-refractivity contribution in [3.05, 3.63) is 114 Å². The average Bonchev–Trinajstić information content (AvgIpc) is 2.88. The first-order valence-corrected chi connectivity index (χ1v) is 11.6. The number of benzene rings is 2. The molecule has 34 heavy (non-hydrogen) atoms. The molecule has 1 aliphatic heterocycles. The smallest absolute Gasteiger partial charge is 0.128 e. The van der Waals surface area contributed by atoms with Gasteiger partial charge in [-0.25, -0.2) is 4.98 Å². The van der Waals surface area contributed by atoms with Crippen LogP contribution in [0.15, 0.2) is 91.4 Å². The zero-order valence-corrected chi connectivity index (χ0v) is 19.0. The second-order valence-electron chi connectivity index (χ2n) is 8.64. The van der Waals surface area contributed by atoms with E-state index in [9.17, 15) is 10.2 Å². The molecule has 0 spiro atoms. The molecule has 0 radical (unpaired) electrons. The largest absolute Gasteiger partial charge is 0.508 e. The van der Waals surface area contributed by atoms with Crippen LogP contribution in [0.2, 0.25) is 0 Å². The van der Waals surface area contributed by atoms with E-state index in [0.29, 0.717) is 0 Å². The number of hydrogen-bond donors (Lipinski definition) is 2. The Morgan fingerprint density at radius 1 is 0.735 bits per heavy atom. The fourth-order valence-corrected chi connectivity index (χ4v) is 4.64. The lowest BCUT2D eigenvalue weighted by Crippen LogP contribution is -2.46. The third kappa shape index (κ3) is 4.87. The first-order valence-electron chi connectivity index (χ1n) is 11.6. The molecule has 3 heterocycles. The maximum atomic E-state index is 9.83. The molecule has 6 heteroatoms. The Kier molecular flexibility index (Phi) is 6.40. The van der Waals surface area contributed by atoms with E-state index in [1.54, 1.807) is 24.3 Å². The van der Waals surface area contributed by atoms with Crippen LogP contribution in [0.1, 0.15) is 28.2 Å². The van der Waals surface area contributed by atoms with Gasteiger partial charge in [-0.3, -0.25) is 9.88 Å². The Morgan fingerprint density at radius 3 is 1.97 bits per heavy atom. The van der Waals surface area contributed by atoms with Crippen LogP contribution in [0.4, 0.5) is 5.82 Å². The average molecular weight is 453 g/mol. The van der Waals surface area contributed by atoms with Gasteiger partial charge in [0.2, 0.25) is 0 Å². The van der Waals surface area contributed by atoms with Crippen molar-refractivity contribution in [2.75, 3.05) is 31.1 Å². The van der Waals surface area contributed by atoms with E-state index < -0.39 is 0 Å². The Hall–Kier alpha value is -3.90. The number of phenolic OH excluding ortho intramolecular Hbond substituents is 2. The van der Waals surface area contributed by atoms with Gasteiger partial charge in [-0.2, -0.15) is 0 Å². The molecule has 0 unspecified atom stereocenters. The Labute approximate surface area is 199 Å². The van der Waals surface area contributed by atoms with Crippen molar-refractivity contribution in [2.24, 2.45) is 0 Å². The number of pyridine rings is 2. The zero-order chi connectivity index (χ0) is 23.3. The standard InChI is InChI=1S/C28H28N4O2/c33-24-8-4-21(5-9-24)28(22-6-10-25(34)11-7-22)26-19-29-14-12-23(26)20-31-15-17-32(18-16-31)27-3-1-2-13-30-27/h1-14,19,28,33-34H,15-18,20H2. The SMILES string of the molecule is Oc1ccc(C(c2ccc(O)cc2)c2cnccc2CN2CCN(c3ccccn3)CC2)cc1. The molecule has 2 N–H and O–H groups in total. The highest BCUT2D eigenvalue weighted by Gasteiger charge is 2.23.